The molecule has 0 spiro atoms. The van der Waals surface area contributed by atoms with Gasteiger partial charge in [0.1, 0.15) is 0 Å². The maximum atomic E-state index is 5.28. The Labute approximate surface area is 92.4 Å². The lowest BCUT2D eigenvalue weighted by atomic mass is 9.90. The monoisotopic (exact) mass is 207 g/mol. The summed E-state index contributed by atoms with van der Waals surface area (Å²) in [4.78, 5) is 4.98. The highest BCUT2D eigenvalue weighted by molar-refractivity contribution is 5.38. The molecule has 2 heteroatoms. The van der Waals surface area contributed by atoms with E-state index >= 15 is 0 Å². The van der Waals surface area contributed by atoms with Crippen LogP contribution in [0, 0.1) is 20.8 Å². The van der Waals surface area contributed by atoms with Crippen molar-refractivity contribution in [2.45, 2.75) is 46.6 Å². The number of nitrogens with two attached hydrogens (primary N) is 1. The van der Waals surface area contributed by atoms with E-state index in [0.717, 1.165) is 6.42 Å². The fourth-order valence-electron chi connectivity index (χ4n) is 1.96. The molecule has 0 aliphatic rings. The first-order valence-electron chi connectivity index (χ1n) is 5.30. The molecule has 0 aliphatic heterocycles. The van der Waals surface area contributed by atoms with Crippen molar-refractivity contribution in [3.05, 3.63) is 34.4 Å². The maximum absolute atomic E-state index is 5.28. The second-order valence-corrected chi connectivity index (χ2v) is 4.93. The van der Waals surface area contributed by atoms with Crippen LogP contribution in [0.4, 0.5) is 0 Å². The minimum absolute atomic E-state index is 0.301. The molecule has 15 heavy (non-hydrogen) atoms. The minimum atomic E-state index is -0.301. The molecule has 0 amide bonds. The second-order valence-electron chi connectivity index (χ2n) is 4.93. The van der Waals surface area contributed by atoms with Crippen LogP contribution >= 0.6 is 0 Å². The normalized spacial score (nSPS) is 11.9. The van der Waals surface area contributed by atoms with Gasteiger partial charge >= 0.3 is 0 Å². The smallest absolute Gasteiger partial charge is 0.0878 e. The molecule has 0 unspecified atom stereocenters. The molecular formula is C13H21NO. The molecule has 0 heterocycles. The van der Waals surface area contributed by atoms with Crippen LogP contribution < -0.4 is 5.90 Å². The predicted octanol–water partition coefficient (Wildman–Crippen LogP) is 2.82. The van der Waals surface area contributed by atoms with Crippen LogP contribution in [0.5, 0.6) is 0 Å². The number of rotatable bonds is 3. The molecule has 84 valence electrons. The van der Waals surface area contributed by atoms with Crippen molar-refractivity contribution in [1.29, 1.82) is 0 Å². The van der Waals surface area contributed by atoms with Crippen molar-refractivity contribution < 1.29 is 4.84 Å². The van der Waals surface area contributed by atoms with E-state index in [4.69, 9.17) is 10.7 Å². The summed E-state index contributed by atoms with van der Waals surface area (Å²) in [5.74, 6) is 5.28. The van der Waals surface area contributed by atoms with Crippen LogP contribution in [0.1, 0.15) is 36.1 Å². The fraction of sp³-hybridized carbons (Fsp3) is 0.538. The van der Waals surface area contributed by atoms with Gasteiger partial charge < -0.3 is 0 Å². The summed E-state index contributed by atoms with van der Waals surface area (Å²) in [6.45, 7) is 10.4. The number of benzene rings is 1. The average molecular weight is 207 g/mol. The van der Waals surface area contributed by atoms with Gasteiger partial charge in [0.05, 0.1) is 5.60 Å². The van der Waals surface area contributed by atoms with Gasteiger partial charge in [-0.3, -0.25) is 4.84 Å². The van der Waals surface area contributed by atoms with E-state index in [-0.39, 0.29) is 5.60 Å². The van der Waals surface area contributed by atoms with Gasteiger partial charge in [0.15, 0.2) is 0 Å². The molecule has 1 rings (SSSR count). The largest absolute Gasteiger partial charge is 0.298 e. The van der Waals surface area contributed by atoms with E-state index in [1.165, 1.54) is 22.3 Å². The molecule has 0 fully saturated rings. The van der Waals surface area contributed by atoms with Gasteiger partial charge in [-0.05, 0) is 51.3 Å². The van der Waals surface area contributed by atoms with Gasteiger partial charge in [-0.2, -0.15) is 0 Å². The second kappa shape index (κ2) is 4.33. The third-order valence-corrected chi connectivity index (χ3v) is 2.76. The predicted molar refractivity (Wildman–Crippen MR) is 63.7 cm³/mol. The summed E-state index contributed by atoms with van der Waals surface area (Å²) in [5, 5.41) is 0. The Bertz CT molecular complexity index is 333. The van der Waals surface area contributed by atoms with Gasteiger partial charge in [0.25, 0.3) is 0 Å². The minimum Gasteiger partial charge on any atom is -0.298 e. The van der Waals surface area contributed by atoms with Gasteiger partial charge in [-0.25, -0.2) is 5.90 Å². The van der Waals surface area contributed by atoms with Crippen molar-refractivity contribution in [1.82, 2.24) is 0 Å². The summed E-state index contributed by atoms with van der Waals surface area (Å²) in [5.41, 5.74) is 4.98. The molecule has 0 atom stereocenters. The maximum Gasteiger partial charge on any atom is 0.0878 e. The Kier molecular flexibility index (Phi) is 3.53. The van der Waals surface area contributed by atoms with E-state index < -0.39 is 0 Å². The Morgan fingerprint density at radius 1 is 1.13 bits per heavy atom. The zero-order valence-electron chi connectivity index (χ0n) is 10.3. The Morgan fingerprint density at radius 3 is 2.00 bits per heavy atom. The van der Waals surface area contributed by atoms with E-state index in [1.807, 2.05) is 13.8 Å². The first-order chi connectivity index (χ1) is 6.85. The van der Waals surface area contributed by atoms with Crippen molar-refractivity contribution >= 4 is 0 Å². The Balaban J connectivity index is 3.05. The lowest BCUT2D eigenvalue weighted by Crippen LogP contribution is -2.31. The third-order valence-electron chi connectivity index (χ3n) is 2.76. The van der Waals surface area contributed by atoms with Crippen LogP contribution in [0.3, 0.4) is 0 Å². The highest BCUT2D eigenvalue weighted by Crippen LogP contribution is 2.22. The van der Waals surface area contributed by atoms with Crippen LogP contribution in [0.25, 0.3) is 0 Å². The molecule has 0 aromatic heterocycles. The SMILES string of the molecule is Cc1cc(C)c(CC(C)(C)ON)c(C)c1. The summed E-state index contributed by atoms with van der Waals surface area (Å²) < 4.78 is 0. The topological polar surface area (TPSA) is 35.2 Å². The molecule has 0 bridgehead atoms. The van der Waals surface area contributed by atoms with Gasteiger partial charge in [0, 0.05) is 6.42 Å². The molecule has 0 aliphatic carbocycles. The summed E-state index contributed by atoms with van der Waals surface area (Å²) in [6, 6.07) is 4.41. The lowest BCUT2D eigenvalue weighted by molar-refractivity contribution is -0.0189. The van der Waals surface area contributed by atoms with Crippen molar-refractivity contribution in [2.75, 3.05) is 0 Å². The fourth-order valence-corrected chi connectivity index (χ4v) is 1.96. The molecule has 1 aromatic carbocycles. The molecule has 0 radical (unpaired) electrons. The zero-order valence-corrected chi connectivity index (χ0v) is 10.3. The van der Waals surface area contributed by atoms with Gasteiger partial charge in [-0.15, -0.1) is 0 Å². The molecular weight excluding hydrogens is 186 g/mol. The van der Waals surface area contributed by atoms with Crippen molar-refractivity contribution in [3.63, 3.8) is 0 Å². The van der Waals surface area contributed by atoms with Crippen LogP contribution in [0.15, 0.2) is 12.1 Å². The molecule has 1 aromatic rings. The van der Waals surface area contributed by atoms with E-state index in [1.54, 1.807) is 0 Å². The van der Waals surface area contributed by atoms with Crippen molar-refractivity contribution in [3.8, 4) is 0 Å². The molecule has 2 N–H and O–H groups in total. The highest BCUT2D eigenvalue weighted by Gasteiger charge is 2.20. The highest BCUT2D eigenvalue weighted by atomic mass is 16.6. The van der Waals surface area contributed by atoms with Crippen molar-refractivity contribution in [2.24, 2.45) is 5.90 Å². The zero-order chi connectivity index (χ0) is 11.6. The van der Waals surface area contributed by atoms with E-state index in [2.05, 4.69) is 32.9 Å². The molecule has 0 saturated heterocycles. The number of hydrogen-bond donors (Lipinski definition) is 1. The number of aryl methyl sites for hydroxylation is 3. The van der Waals surface area contributed by atoms with Gasteiger partial charge in [-0.1, -0.05) is 17.7 Å². The summed E-state index contributed by atoms with van der Waals surface area (Å²) in [6.07, 6.45) is 0.849. The lowest BCUT2D eigenvalue weighted by Gasteiger charge is -2.24. The van der Waals surface area contributed by atoms with Crippen LogP contribution in [-0.4, -0.2) is 5.60 Å². The third kappa shape index (κ3) is 3.05. The van der Waals surface area contributed by atoms with Crippen LogP contribution in [-0.2, 0) is 11.3 Å². The standard InChI is InChI=1S/C13H21NO/c1-9-6-10(2)12(11(3)7-9)8-13(4,5)15-14/h6-7H,8,14H2,1-5H3. The summed E-state index contributed by atoms with van der Waals surface area (Å²) in [7, 11) is 0. The Morgan fingerprint density at radius 2 is 1.60 bits per heavy atom. The van der Waals surface area contributed by atoms with Gasteiger partial charge in [0.2, 0.25) is 0 Å². The summed E-state index contributed by atoms with van der Waals surface area (Å²) >= 11 is 0. The quantitative estimate of drug-likeness (QED) is 0.773. The first-order valence-corrected chi connectivity index (χ1v) is 5.30. The molecule has 0 saturated carbocycles. The van der Waals surface area contributed by atoms with E-state index in [9.17, 15) is 0 Å². The van der Waals surface area contributed by atoms with Crippen LogP contribution in [0.2, 0.25) is 0 Å². The number of hydrogen-bond acceptors (Lipinski definition) is 2. The Hall–Kier alpha value is -0.860. The van der Waals surface area contributed by atoms with E-state index in [0.29, 0.717) is 0 Å². The molecule has 2 nitrogen and oxygen atoms in total. The average Bonchev–Trinajstić information content (AvgIpc) is 2.11. The first kappa shape index (κ1) is 12.2.